The Labute approximate surface area is 108 Å². The normalized spacial score (nSPS) is 11.2. The van der Waals surface area contributed by atoms with Gasteiger partial charge in [0.15, 0.2) is 0 Å². The van der Waals surface area contributed by atoms with Crippen LogP contribution in [-0.2, 0) is 11.2 Å². The third-order valence-corrected chi connectivity index (χ3v) is 2.98. The van der Waals surface area contributed by atoms with Gasteiger partial charge in [0.05, 0.1) is 6.61 Å². The maximum atomic E-state index is 5.64. The molecule has 0 spiro atoms. The lowest BCUT2D eigenvalue weighted by Crippen LogP contribution is -2.37. The molecule has 6 nitrogen and oxygen atoms in total. The molecule has 104 valence electrons. The summed E-state index contributed by atoms with van der Waals surface area (Å²) in [7, 11) is 1.69. The van der Waals surface area contributed by atoms with E-state index in [-0.39, 0.29) is 0 Å². The van der Waals surface area contributed by atoms with Crippen molar-refractivity contribution in [2.45, 2.75) is 39.2 Å². The highest BCUT2D eigenvalue weighted by Crippen LogP contribution is 2.19. The Balaban J connectivity index is 2.78. The summed E-state index contributed by atoms with van der Waals surface area (Å²) in [6.45, 7) is 6.24. The number of rotatable bonds is 9. The second kappa shape index (κ2) is 8.05. The summed E-state index contributed by atoms with van der Waals surface area (Å²) >= 11 is 0. The van der Waals surface area contributed by atoms with Crippen LogP contribution >= 0.6 is 0 Å². The van der Waals surface area contributed by atoms with Crippen LogP contribution in [0.2, 0.25) is 0 Å². The highest BCUT2D eigenvalue weighted by molar-refractivity contribution is 5.26. The molecular formula is C12H24N4O2. The zero-order valence-electron chi connectivity index (χ0n) is 11.6. The van der Waals surface area contributed by atoms with Gasteiger partial charge in [-0.05, 0) is 12.8 Å². The number of nitrogens with zero attached hydrogens (tertiary/aromatic N) is 3. The maximum absolute atomic E-state index is 5.64. The second-order valence-electron chi connectivity index (χ2n) is 4.17. The first-order valence-corrected chi connectivity index (χ1v) is 6.54. The predicted molar refractivity (Wildman–Crippen MR) is 70.6 cm³/mol. The molecule has 0 unspecified atom stereocenters. The van der Waals surface area contributed by atoms with E-state index in [1.54, 1.807) is 7.11 Å². The van der Waals surface area contributed by atoms with Crippen LogP contribution in [0.1, 0.15) is 32.6 Å². The van der Waals surface area contributed by atoms with Crippen LogP contribution in [-0.4, -0.2) is 43.0 Å². The van der Waals surface area contributed by atoms with Gasteiger partial charge in [0, 0.05) is 32.7 Å². The lowest BCUT2D eigenvalue weighted by Gasteiger charge is -2.28. The lowest BCUT2D eigenvalue weighted by atomic mass is 10.1. The van der Waals surface area contributed by atoms with Crippen molar-refractivity contribution in [1.82, 2.24) is 10.2 Å². The molecule has 6 heteroatoms. The van der Waals surface area contributed by atoms with Gasteiger partial charge < -0.3 is 19.8 Å². The summed E-state index contributed by atoms with van der Waals surface area (Å²) in [6.07, 6.45) is 2.69. The molecule has 0 radical (unpaired) electrons. The molecular weight excluding hydrogens is 232 g/mol. The molecule has 1 heterocycles. The third kappa shape index (κ3) is 3.96. The predicted octanol–water partition coefficient (Wildman–Crippen LogP) is 1.21. The van der Waals surface area contributed by atoms with Crippen molar-refractivity contribution in [2.24, 2.45) is 5.73 Å². The highest BCUT2D eigenvalue weighted by atomic mass is 16.5. The number of methoxy groups -OCH3 is 1. The molecule has 0 amide bonds. The molecule has 0 fully saturated rings. The van der Waals surface area contributed by atoms with E-state index >= 15 is 0 Å². The van der Waals surface area contributed by atoms with Crippen molar-refractivity contribution < 1.29 is 9.15 Å². The van der Waals surface area contributed by atoms with Gasteiger partial charge in [-0.25, -0.2) is 0 Å². The van der Waals surface area contributed by atoms with Gasteiger partial charge in [-0.15, -0.1) is 5.10 Å². The monoisotopic (exact) mass is 256 g/mol. The fraction of sp³-hybridized carbons (Fsp3) is 0.833. The molecule has 0 saturated carbocycles. The summed E-state index contributed by atoms with van der Waals surface area (Å²) in [4.78, 5) is 2.12. The van der Waals surface area contributed by atoms with E-state index in [0.29, 0.717) is 37.5 Å². The summed E-state index contributed by atoms with van der Waals surface area (Å²) in [5.41, 5.74) is 5.48. The van der Waals surface area contributed by atoms with E-state index in [1.807, 2.05) is 0 Å². The van der Waals surface area contributed by atoms with Gasteiger partial charge in [0.2, 0.25) is 5.89 Å². The van der Waals surface area contributed by atoms with Gasteiger partial charge in [-0.3, -0.25) is 0 Å². The number of hydrogen-bond donors (Lipinski definition) is 1. The number of nitrogens with two attached hydrogens (primary N) is 1. The Hall–Kier alpha value is -1.14. The summed E-state index contributed by atoms with van der Waals surface area (Å²) in [5, 5.41) is 8.11. The molecule has 1 rings (SSSR count). The molecule has 2 N–H and O–H groups in total. The van der Waals surface area contributed by atoms with E-state index in [0.717, 1.165) is 19.4 Å². The number of aromatic nitrogens is 2. The van der Waals surface area contributed by atoms with Crippen LogP contribution in [0.3, 0.4) is 0 Å². The van der Waals surface area contributed by atoms with Crippen molar-refractivity contribution >= 4 is 6.01 Å². The van der Waals surface area contributed by atoms with Crippen LogP contribution in [0.25, 0.3) is 0 Å². The molecule has 1 aromatic heterocycles. The molecule has 0 atom stereocenters. The maximum Gasteiger partial charge on any atom is 0.318 e. The zero-order valence-corrected chi connectivity index (χ0v) is 11.6. The topological polar surface area (TPSA) is 77.4 Å². The minimum absolute atomic E-state index is 0.395. The zero-order chi connectivity index (χ0) is 13.4. The minimum Gasteiger partial charge on any atom is -0.408 e. The number of anilines is 1. The quantitative estimate of drug-likeness (QED) is 0.715. The molecule has 0 bridgehead atoms. The largest absolute Gasteiger partial charge is 0.408 e. The van der Waals surface area contributed by atoms with Gasteiger partial charge in [0.25, 0.3) is 0 Å². The van der Waals surface area contributed by atoms with Gasteiger partial charge in [-0.1, -0.05) is 18.9 Å². The van der Waals surface area contributed by atoms with Gasteiger partial charge in [-0.2, -0.15) is 0 Å². The Morgan fingerprint density at radius 1 is 1.33 bits per heavy atom. The fourth-order valence-electron chi connectivity index (χ4n) is 1.94. The molecule has 18 heavy (non-hydrogen) atoms. The van der Waals surface area contributed by atoms with Crippen LogP contribution in [0.15, 0.2) is 4.42 Å². The van der Waals surface area contributed by atoms with Gasteiger partial charge in [0.1, 0.15) is 0 Å². The van der Waals surface area contributed by atoms with Crippen LogP contribution < -0.4 is 10.6 Å². The third-order valence-electron chi connectivity index (χ3n) is 2.98. The summed E-state index contributed by atoms with van der Waals surface area (Å²) < 4.78 is 10.8. The average molecular weight is 256 g/mol. The highest BCUT2D eigenvalue weighted by Gasteiger charge is 2.20. The van der Waals surface area contributed by atoms with E-state index in [2.05, 4.69) is 28.9 Å². The first-order valence-electron chi connectivity index (χ1n) is 6.54. The Bertz CT molecular complexity index is 326. The summed E-state index contributed by atoms with van der Waals surface area (Å²) in [6, 6.07) is 0.968. The molecule has 1 aromatic rings. The molecule has 0 aromatic carbocycles. The first-order chi connectivity index (χ1) is 8.76. The Kier molecular flexibility index (Phi) is 6.67. The van der Waals surface area contributed by atoms with Crippen molar-refractivity contribution in [2.75, 3.05) is 31.7 Å². The lowest BCUT2D eigenvalue weighted by molar-refractivity contribution is 0.200. The SMILES string of the molecule is CCC(CC)N(CCOC)c1nnc(CCN)o1. The summed E-state index contributed by atoms with van der Waals surface area (Å²) in [5.74, 6) is 0.598. The molecule has 0 aliphatic rings. The number of ether oxygens (including phenoxy) is 1. The standard InChI is InChI=1S/C12H24N4O2/c1-4-10(5-2)16(8-9-17-3)12-15-14-11(18-12)6-7-13/h10H,4-9,13H2,1-3H3. The first kappa shape index (κ1) is 14.9. The number of hydrogen-bond acceptors (Lipinski definition) is 6. The van der Waals surface area contributed by atoms with Gasteiger partial charge >= 0.3 is 6.01 Å². The van der Waals surface area contributed by atoms with E-state index in [9.17, 15) is 0 Å². The average Bonchev–Trinajstić information content (AvgIpc) is 2.83. The van der Waals surface area contributed by atoms with Crippen molar-refractivity contribution in [3.63, 3.8) is 0 Å². The van der Waals surface area contributed by atoms with E-state index in [4.69, 9.17) is 14.9 Å². The second-order valence-corrected chi connectivity index (χ2v) is 4.17. The van der Waals surface area contributed by atoms with Crippen molar-refractivity contribution in [3.8, 4) is 0 Å². The van der Waals surface area contributed by atoms with E-state index in [1.165, 1.54) is 0 Å². The molecule has 0 saturated heterocycles. The van der Waals surface area contributed by atoms with E-state index < -0.39 is 0 Å². The minimum atomic E-state index is 0.395. The Morgan fingerprint density at radius 2 is 2.06 bits per heavy atom. The van der Waals surface area contributed by atoms with Crippen molar-refractivity contribution in [1.29, 1.82) is 0 Å². The molecule has 0 aliphatic carbocycles. The van der Waals surface area contributed by atoms with Crippen LogP contribution in [0, 0.1) is 0 Å². The molecule has 0 aliphatic heterocycles. The smallest absolute Gasteiger partial charge is 0.318 e. The van der Waals surface area contributed by atoms with Crippen LogP contribution in [0.5, 0.6) is 0 Å². The van der Waals surface area contributed by atoms with Crippen LogP contribution in [0.4, 0.5) is 6.01 Å². The Morgan fingerprint density at radius 3 is 2.61 bits per heavy atom. The van der Waals surface area contributed by atoms with Crippen molar-refractivity contribution in [3.05, 3.63) is 5.89 Å². The fourth-order valence-corrected chi connectivity index (χ4v) is 1.94.